The molecule has 0 spiro atoms. The van der Waals surface area contributed by atoms with Crippen LogP contribution in [0.15, 0.2) is 59.9 Å². The number of aromatic nitrogens is 2. The SMILES string of the molecule is CCNC(=NCC(O)c1ccc(Cl)s1)NCCc1nccn1Cc1ccccc1. The number of aliphatic hydroxyl groups excluding tert-OH is 1. The number of benzene rings is 1. The highest BCUT2D eigenvalue weighted by molar-refractivity contribution is 7.16. The Balaban J connectivity index is 1.52. The topological polar surface area (TPSA) is 74.5 Å². The lowest BCUT2D eigenvalue weighted by Crippen LogP contribution is -2.38. The number of imidazole rings is 1. The summed E-state index contributed by atoms with van der Waals surface area (Å²) < 4.78 is 2.82. The molecule has 29 heavy (non-hydrogen) atoms. The fourth-order valence-corrected chi connectivity index (χ4v) is 3.94. The van der Waals surface area contributed by atoms with Crippen molar-refractivity contribution in [3.8, 4) is 0 Å². The highest BCUT2D eigenvalue weighted by atomic mass is 35.5. The molecule has 0 fully saturated rings. The molecule has 3 rings (SSSR count). The highest BCUT2D eigenvalue weighted by Gasteiger charge is 2.10. The van der Waals surface area contributed by atoms with Crippen molar-refractivity contribution in [3.63, 3.8) is 0 Å². The summed E-state index contributed by atoms with van der Waals surface area (Å²) in [6.07, 6.45) is 3.95. The van der Waals surface area contributed by atoms with E-state index in [1.54, 1.807) is 6.07 Å². The van der Waals surface area contributed by atoms with Crippen LogP contribution in [0.4, 0.5) is 0 Å². The van der Waals surface area contributed by atoms with Crippen LogP contribution in [0, 0.1) is 0 Å². The average molecular weight is 432 g/mol. The number of nitrogens with zero attached hydrogens (tertiary/aromatic N) is 3. The van der Waals surface area contributed by atoms with E-state index in [0.29, 0.717) is 16.8 Å². The number of hydrogen-bond donors (Lipinski definition) is 3. The first-order chi connectivity index (χ1) is 14.2. The standard InChI is InChI=1S/C21H26ClN5OS/c1-2-23-21(26-14-17(28)18-8-9-19(22)29-18)25-11-10-20-24-12-13-27(20)15-16-6-4-3-5-7-16/h3-9,12-13,17,28H,2,10-11,14-15H2,1H3,(H2,23,25,26). The molecular formula is C21H26ClN5OS. The van der Waals surface area contributed by atoms with Crippen molar-refractivity contribution in [1.82, 2.24) is 20.2 Å². The summed E-state index contributed by atoms with van der Waals surface area (Å²) in [5, 5.41) is 16.8. The van der Waals surface area contributed by atoms with Crippen molar-refractivity contribution in [2.45, 2.75) is 26.0 Å². The maximum atomic E-state index is 10.3. The van der Waals surface area contributed by atoms with E-state index >= 15 is 0 Å². The van der Waals surface area contributed by atoms with E-state index in [4.69, 9.17) is 11.6 Å². The lowest BCUT2D eigenvalue weighted by atomic mass is 10.2. The van der Waals surface area contributed by atoms with Crippen LogP contribution in [0.5, 0.6) is 0 Å². The number of aliphatic imine (C=N–C) groups is 1. The van der Waals surface area contributed by atoms with Crippen molar-refractivity contribution in [2.75, 3.05) is 19.6 Å². The van der Waals surface area contributed by atoms with Crippen LogP contribution in [0.1, 0.15) is 29.3 Å². The van der Waals surface area contributed by atoms with E-state index in [0.717, 1.165) is 30.2 Å². The minimum atomic E-state index is -0.660. The first-order valence-corrected chi connectivity index (χ1v) is 10.8. The molecule has 154 valence electrons. The molecule has 2 heterocycles. The van der Waals surface area contributed by atoms with Crippen molar-refractivity contribution < 1.29 is 5.11 Å². The third kappa shape index (κ3) is 6.59. The molecular weight excluding hydrogens is 406 g/mol. The van der Waals surface area contributed by atoms with Gasteiger partial charge in [0.25, 0.3) is 0 Å². The first-order valence-electron chi connectivity index (χ1n) is 9.65. The van der Waals surface area contributed by atoms with Crippen LogP contribution >= 0.6 is 22.9 Å². The van der Waals surface area contributed by atoms with Gasteiger partial charge in [-0.15, -0.1) is 11.3 Å². The van der Waals surface area contributed by atoms with Crippen LogP contribution in [-0.4, -0.2) is 40.3 Å². The van der Waals surface area contributed by atoms with Crippen molar-refractivity contribution in [2.24, 2.45) is 4.99 Å². The molecule has 0 aliphatic rings. The second kappa shape index (κ2) is 11.0. The number of halogens is 1. The quantitative estimate of drug-likeness (QED) is 0.358. The Morgan fingerprint density at radius 1 is 1.24 bits per heavy atom. The minimum Gasteiger partial charge on any atom is -0.386 e. The molecule has 0 amide bonds. The summed E-state index contributed by atoms with van der Waals surface area (Å²) in [5.41, 5.74) is 1.25. The fraction of sp³-hybridized carbons (Fsp3) is 0.333. The second-order valence-electron chi connectivity index (χ2n) is 6.51. The van der Waals surface area contributed by atoms with Crippen LogP contribution in [0.3, 0.4) is 0 Å². The largest absolute Gasteiger partial charge is 0.386 e. The van der Waals surface area contributed by atoms with Crippen molar-refractivity contribution in [1.29, 1.82) is 0 Å². The van der Waals surface area contributed by atoms with Gasteiger partial charge in [-0.05, 0) is 24.6 Å². The predicted molar refractivity (Wildman–Crippen MR) is 120 cm³/mol. The third-order valence-electron chi connectivity index (χ3n) is 4.33. The molecule has 3 aromatic rings. The Hall–Kier alpha value is -2.35. The van der Waals surface area contributed by atoms with Gasteiger partial charge in [-0.1, -0.05) is 41.9 Å². The summed E-state index contributed by atoms with van der Waals surface area (Å²) >= 11 is 7.31. The zero-order valence-corrected chi connectivity index (χ0v) is 18.0. The van der Waals surface area contributed by atoms with Gasteiger partial charge in [0.2, 0.25) is 0 Å². The van der Waals surface area contributed by atoms with Gasteiger partial charge in [0.05, 0.1) is 10.9 Å². The molecule has 0 aliphatic heterocycles. The molecule has 2 aromatic heterocycles. The van der Waals surface area contributed by atoms with Crippen molar-refractivity contribution >= 4 is 28.9 Å². The smallest absolute Gasteiger partial charge is 0.191 e. The summed E-state index contributed by atoms with van der Waals surface area (Å²) in [7, 11) is 0. The molecule has 1 aromatic carbocycles. The Kier molecular flexibility index (Phi) is 8.10. The maximum absolute atomic E-state index is 10.3. The number of aliphatic hydroxyl groups is 1. The molecule has 0 radical (unpaired) electrons. The molecule has 0 bridgehead atoms. The van der Waals surface area contributed by atoms with Gasteiger partial charge in [0, 0.05) is 43.3 Å². The second-order valence-corrected chi connectivity index (χ2v) is 8.26. The summed E-state index contributed by atoms with van der Waals surface area (Å²) in [5.74, 6) is 1.70. The fourth-order valence-electron chi connectivity index (χ4n) is 2.90. The Morgan fingerprint density at radius 2 is 2.07 bits per heavy atom. The molecule has 0 saturated heterocycles. The van der Waals surface area contributed by atoms with Crippen LogP contribution < -0.4 is 10.6 Å². The molecule has 0 saturated carbocycles. The Bertz CT molecular complexity index is 909. The highest BCUT2D eigenvalue weighted by Crippen LogP contribution is 2.26. The molecule has 8 heteroatoms. The first kappa shape index (κ1) is 21.4. The average Bonchev–Trinajstić information content (AvgIpc) is 3.36. The lowest BCUT2D eigenvalue weighted by Gasteiger charge is -2.13. The summed E-state index contributed by atoms with van der Waals surface area (Å²) in [4.78, 5) is 9.79. The van der Waals surface area contributed by atoms with Crippen molar-refractivity contribution in [3.05, 3.63) is 75.5 Å². The number of nitrogens with one attached hydrogen (secondary N) is 2. The van der Waals surface area contributed by atoms with Gasteiger partial charge in [-0.2, -0.15) is 0 Å². The van der Waals surface area contributed by atoms with E-state index in [1.165, 1.54) is 16.9 Å². The number of hydrogen-bond acceptors (Lipinski definition) is 4. The number of guanidine groups is 1. The molecule has 1 atom stereocenters. The van der Waals surface area contributed by atoms with Crippen LogP contribution in [-0.2, 0) is 13.0 Å². The number of thiophene rings is 1. The zero-order valence-electron chi connectivity index (χ0n) is 16.4. The van der Waals surface area contributed by atoms with Gasteiger partial charge in [0.1, 0.15) is 11.9 Å². The molecule has 3 N–H and O–H groups in total. The van der Waals surface area contributed by atoms with E-state index in [9.17, 15) is 5.11 Å². The maximum Gasteiger partial charge on any atom is 0.191 e. The van der Waals surface area contributed by atoms with Crippen LogP contribution in [0.25, 0.3) is 0 Å². The minimum absolute atomic E-state index is 0.273. The molecule has 1 unspecified atom stereocenters. The molecule has 6 nitrogen and oxygen atoms in total. The van der Waals surface area contributed by atoms with E-state index in [1.807, 2.05) is 43.6 Å². The number of rotatable bonds is 9. The van der Waals surface area contributed by atoms with Gasteiger partial charge in [0.15, 0.2) is 5.96 Å². The van der Waals surface area contributed by atoms with E-state index in [-0.39, 0.29) is 6.54 Å². The normalized spacial score (nSPS) is 12.7. The Morgan fingerprint density at radius 3 is 2.79 bits per heavy atom. The van der Waals surface area contributed by atoms with E-state index < -0.39 is 6.10 Å². The van der Waals surface area contributed by atoms with Gasteiger partial charge in [-0.3, -0.25) is 4.99 Å². The zero-order chi connectivity index (χ0) is 20.5. The van der Waals surface area contributed by atoms with E-state index in [2.05, 4.69) is 37.3 Å². The Labute approximate surface area is 180 Å². The summed E-state index contributed by atoms with van der Waals surface area (Å²) in [6.45, 7) is 4.53. The van der Waals surface area contributed by atoms with Gasteiger partial charge in [-0.25, -0.2) is 4.98 Å². The monoisotopic (exact) mass is 431 g/mol. The van der Waals surface area contributed by atoms with Crippen LogP contribution in [0.2, 0.25) is 4.34 Å². The van der Waals surface area contributed by atoms with Gasteiger partial charge < -0.3 is 20.3 Å². The molecule has 0 aliphatic carbocycles. The third-order valence-corrected chi connectivity index (χ3v) is 5.66. The summed E-state index contributed by atoms with van der Waals surface area (Å²) in [6, 6.07) is 14.0. The van der Waals surface area contributed by atoms with Gasteiger partial charge >= 0.3 is 0 Å². The lowest BCUT2D eigenvalue weighted by molar-refractivity contribution is 0.191. The predicted octanol–water partition coefficient (Wildman–Crippen LogP) is 3.48.